The van der Waals surface area contributed by atoms with E-state index >= 15 is 0 Å². The zero-order chi connectivity index (χ0) is 15.8. The van der Waals surface area contributed by atoms with Gasteiger partial charge in [0.25, 0.3) is 5.91 Å². The van der Waals surface area contributed by atoms with Gasteiger partial charge in [0.2, 0.25) is 0 Å². The van der Waals surface area contributed by atoms with Crippen molar-refractivity contribution in [1.29, 1.82) is 0 Å². The van der Waals surface area contributed by atoms with Gasteiger partial charge in [-0.25, -0.2) is 0 Å². The highest BCUT2D eigenvalue weighted by atomic mass is 35.5. The fraction of sp³-hybridized carbons (Fsp3) is 0.588. The van der Waals surface area contributed by atoms with E-state index in [1.807, 2.05) is 12.1 Å². The minimum atomic E-state index is -0.502. The maximum Gasteiger partial charge on any atom is 0.260 e. The number of hydrogen-bond acceptors (Lipinski definition) is 4. The zero-order valence-corrected chi connectivity index (χ0v) is 14.7. The molecule has 23 heavy (non-hydrogen) atoms. The van der Waals surface area contributed by atoms with Crippen molar-refractivity contribution in [3.8, 4) is 11.5 Å². The lowest BCUT2D eigenvalue weighted by molar-refractivity contribution is -0.127. The second-order valence-corrected chi connectivity index (χ2v) is 5.73. The number of halogens is 1. The average molecular weight is 343 g/mol. The van der Waals surface area contributed by atoms with Gasteiger partial charge < -0.3 is 20.1 Å². The lowest BCUT2D eigenvalue weighted by atomic mass is 9.96. The van der Waals surface area contributed by atoms with Crippen molar-refractivity contribution in [1.82, 2.24) is 10.6 Å². The van der Waals surface area contributed by atoms with E-state index < -0.39 is 6.10 Å². The van der Waals surface area contributed by atoms with Crippen LogP contribution < -0.4 is 20.1 Å². The Balaban J connectivity index is 0.00000264. The predicted octanol–water partition coefficient (Wildman–Crippen LogP) is 2.39. The molecule has 1 fully saturated rings. The van der Waals surface area contributed by atoms with Gasteiger partial charge in [0.05, 0.1) is 7.11 Å². The Bertz CT molecular complexity index is 461. The molecule has 130 valence electrons. The number of amides is 1. The minimum Gasteiger partial charge on any atom is -0.497 e. The Morgan fingerprint density at radius 3 is 2.65 bits per heavy atom. The summed E-state index contributed by atoms with van der Waals surface area (Å²) in [6.45, 7) is 4.66. The molecule has 0 aliphatic carbocycles. The molecule has 5 nitrogen and oxygen atoms in total. The van der Waals surface area contributed by atoms with Crippen LogP contribution in [0.15, 0.2) is 24.3 Å². The van der Waals surface area contributed by atoms with Crippen LogP contribution in [0.2, 0.25) is 0 Å². The van der Waals surface area contributed by atoms with Crippen molar-refractivity contribution in [3.63, 3.8) is 0 Å². The van der Waals surface area contributed by atoms with E-state index in [2.05, 4.69) is 10.6 Å². The SMILES string of the molecule is COc1ccc(OC(C)C(=O)NCCC2CCCNC2)cc1.Cl. The molecule has 0 spiro atoms. The molecule has 1 heterocycles. The number of benzene rings is 1. The minimum absolute atomic E-state index is 0. The molecule has 0 radical (unpaired) electrons. The first kappa shape index (κ1) is 19.6. The third kappa shape index (κ3) is 6.67. The summed E-state index contributed by atoms with van der Waals surface area (Å²) in [6.07, 6.45) is 3.00. The predicted molar refractivity (Wildman–Crippen MR) is 93.6 cm³/mol. The molecule has 1 amide bonds. The fourth-order valence-corrected chi connectivity index (χ4v) is 2.63. The number of piperidine rings is 1. The normalized spacial score (nSPS) is 18.4. The van der Waals surface area contributed by atoms with Gasteiger partial charge in [-0.15, -0.1) is 12.4 Å². The van der Waals surface area contributed by atoms with Crippen LogP contribution >= 0.6 is 12.4 Å². The van der Waals surface area contributed by atoms with Crippen molar-refractivity contribution in [2.24, 2.45) is 5.92 Å². The number of rotatable bonds is 7. The highest BCUT2D eigenvalue weighted by Gasteiger charge is 2.16. The zero-order valence-electron chi connectivity index (χ0n) is 13.8. The summed E-state index contributed by atoms with van der Waals surface area (Å²) in [5.41, 5.74) is 0. The van der Waals surface area contributed by atoms with E-state index in [1.54, 1.807) is 26.2 Å². The molecule has 1 aromatic carbocycles. The molecular weight excluding hydrogens is 316 g/mol. The molecular formula is C17H27ClN2O3. The van der Waals surface area contributed by atoms with Crippen LogP contribution in [0.1, 0.15) is 26.2 Å². The van der Waals surface area contributed by atoms with Gasteiger partial charge in [-0.1, -0.05) is 0 Å². The third-order valence-corrected chi connectivity index (χ3v) is 3.99. The van der Waals surface area contributed by atoms with E-state index in [1.165, 1.54) is 12.8 Å². The van der Waals surface area contributed by atoms with Gasteiger partial charge in [0, 0.05) is 6.54 Å². The summed E-state index contributed by atoms with van der Waals surface area (Å²) in [5.74, 6) is 2.04. The van der Waals surface area contributed by atoms with Gasteiger partial charge >= 0.3 is 0 Å². The molecule has 0 saturated carbocycles. The standard InChI is InChI=1S/C17H26N2O3.ClH/c1-13(22-16-7-5-15(21-2)6-8-16)17(20)19-11-9-14-4-3-10-18-12-14;/h5-8,13-14,18H,3-4,9-12H2,1-2H3,(H,19,20);1H. The molecule has 6 heteroatoms. The van der Waals surface area contributed by atoms with Crippen molar-refractivity contribution in [2.45, 2.75) is 32.3 Å². The molecule has 2 N–H and O–H groups in total. The third-order valence-electron chi connectivity index (χ3n) is 3.99. The Morgan fingerprint density at radius 1 is 1.35 bits per heavy atom. The number of carbonyl (C=O) groups is 1. The van der Waals surface area contributed by atoms with Gasteiger partial charge in [-0.05, 0) is 69.5 Å². The lowest BCUT2D eigenvalue weighted by Crippen LogP contribution is -2.38. The Morgan fingerprint density at radius 2 is 2.04 bits per heavy atom. The maximum atomic E-state index is 12.0. The first-order chi connectivity index (χ1) is 10.7. The van der Waals surface area contributed by atoms with Crippen molar-refractivity contribution >= 4 is 18.3 Å². The number of nitrogens with one attached hydrogen (secondary N) is 2. The molecule has 2 atom stereocenters. The van der Waals surface area contributed by atoms with E-state index in [4.69, 9.17) is 9.47 Å². The summed E-state index contributed by atoms with van der Waals surface area (Å²) in [5, 5.41) is 6.35. The van der Waals surface area contributed by atoms with Crippen molar-refractivity contribution in [3.05, 3.63) is 24.3 Å². The molecule has 0 aromatic heterocycles. The summed E-state index contributed by atoms with van der Waals surface area (Å²) >= 11 is 0. The molecule has 1 aromatic rings. The Labute approximate surface area is 144 Å². The first-order valence-electron chi connectivity index (χ1n) is 7.98. The van der Waals surface area contributed by atoms with Crippen molar-refractivity contribution in [2.75, 3.05) is 26.7 Å². The first-order valence-corrected chi connectivity index (χ1v) is 7.98. The highest BCUT2D eigenvalue weighted by Crippen LogP contribution is 2.18. The fourth-order valence-electron chi connectivity index (χ4n) is 2.63. The summed E-state index contributed by atoms with van der Waals surface area (Å²) in [6, 6.07) is 7.23. The Kier molecular flexibility index (Phi) is 8.81. The topological polar surface area (TPSA) is 59.6 Å². The van der Waals surface area contributed by atoms with E-state index in [9.17, 15) is 4.79 Å². The Hall–Kier alpha value is -1.46. The number of hydrogen-bond donors (Lipinski definition) is 2. The van der Waals surface area contributed by atoms with Gasteiger partial charge in [0.1, 0.15) is 11.5 Å². The van der Waals surface area contributed by atoms with Crippen LogP contribution in [-0.2, 0) is 4.79 Å². The number of carbonyl (C=O) groups excluding carboxylic acids is 1. The van der Waals surface area contributed by atoms with E-state index in [0.717, 1.165) is 25.3 Å². The van der Waals surface area contributed by atoms with Crippen molar-refractivity contribution < 1.29 is 14.3 Å². The van der Waals surface area contributed by atoms with Gasteiger partial charge in [-0.3, -0.25) is 4.79 Å². The van der Waals surface area contributed by atoms with Crippen LogP contribution in [0.3, 0.4) is 0 Å². The second kappa shape index (κ2) is 10.3. The monoisotopic (exact) mass is 342 g/mol. The second-order valence-electron chi connectivity index (χ2n) is 5.73. The molecule has 1 saturated heterocycles. The molecule has 1 aliphatic heterocycles. The van der Waals surface area contributed by atoms with Crippen LogP contribution in [0.4, 0.5) is 0 Å². The van der Waals surface area contributed by atoms with Gasteiger partial charge in [0.15, 0.2) is 6.10 Å². The summed E-state index contributed by atoms with van der Waals surface area (Å²) in [7, 11) is 1.62. The largest absolute Gasteiger partial charge is 0.497 e. The average Bonchev–Trinajstić information content (AvgIpc) is 2.56. The van der Waals surface area contributed by atoms with Crippen LogP contribution in [0, 0.1) is 5.92 Å². The van der Waals surface area contributed by atoms with E-state index in [0.29, 0.717) is 18.2 Å². The molecule has 2 rings (SSSR count). The lowest BCUT2D eigenvalue weighted by Gasteiger charge is -2.23. The number of methoxy groups -OCH3 is 1. The van der Waals surface area contributed by atoms with Crippen LogP contribution in [-0.4, -0.2) is 38.8 Å². The molecule has 0 bridgehead atoms. The molecule has 2 unspecified atom stereocenters. The summed E-state index contributed by atoms with van der Waals surface area (Å²) < 4.78 is 10.7. The van der Waals surface area contributed by atoms with Crippen LogP contribution in [0.5, 0.6) is 11.5 Å². The van der Waals surface area contributed by atoms with E-state index in [-0.39, 0.29) is 18.3 Å². The number of ether oxygens (including phenoxy) is 2. The van der Waals surface area contributed by atoms with Crippen LogP contribution in [0.25, 0.3) is 0 Å². The summed E-state index contributed by atoms with van der Waals surface area (Å²) in [4.78, 5) is 12.0. The highest BCUT2D eigenvalue weighted by molar-refractivity contribution is 5.85. The maximum absolute atomic E-state index is 12.0. The quantitative estimate of drug-likeness (QED) is 0.798. The molecule has 1 aliphatic rings. The van der Waals surface area contributed by atoms with Gasteiger partial charge in [-0.2, -0.15) is 0 Å². The smallest absolute Gasteiger partial charge is 0.260 e.